The van der Waals surface area contributed by atoms with Gasteiger partial charge in [-0.15, -0.1) is 11.3 Å². The lowest BCUT2D eigenvalue weighted by atomic mass is 10.2. The van der Waals surface area contributed by atoms with E-state index in [1.807, 2.05) is 7.05 Å². The number of rotatable bonds is 5. The van der Waals surface area contributed by atoms with E-state index in [-0.39, 0.29) is 0 Å². The topological polar surface area (TPSA) is 52.6 Å². The largest absolute Gasteiger partial charge is 0.356 e. The van der Waals surface area contributed by atoms with Crippen LogP contribution in [-0.2, 0) is 6.42 Å². The van der Waals surface area contributed by atoms with Crippen molar-refractivity contribution in [1.82, 2.24) is 20.5 Å². The fourth-order valence-corrected chi connectivity index (χ4v) is 4.93. The molecule has 24 heavy (non-hydrogen) atoms. The third-order valence-corrected chi connectivity index (χ3v) is 6.40. The lowest BCUT2D eigenvalue weighted by Crippen LogP contribution is -2.45. The van der Waals surface area contributed by atoms with Gasteiger partial charge >= 0.3 is 0 Å². The molecule has 1 saturated heterocycles. The van der Waals surface area contributed by atoms with Gasteiger partial charge in [0.2, 0.25) is 0 Å². The van der Waals surface area contributed by atoms with Crippen molar-refractivity contribution < 1.29 is 0 Å². The van der Waals surface area contributed by atoms with E-state index in [9.17, 15) is 0 Å². The zero-order chi connectivity index (χ0) is 16.9. The minimum Gasteiger partial charge on any atom is -0.356 e. The predicted molar refractivity (Wildman–Crippen MR) is 102 cm³/mol. The number of hydrogen-bond acceptors (Lipinski definition) is 4. The van der Waals surface area contributed by atoms with Gasteiger partial charge in [0.1, 0.15) is 0 Å². The van der Waals surface area contributed by atoms with E-state index in [2.05, 4.69) is 39.4 Å². The van der Waals surface area contributed by atoms with Crippen molar-refractivity contribution in [2.75, 3.05) is 26.7 Å². The maximum atomic E-state index is 4.50. The van der Waals surface area contributed by atoms with E-state index in [0.29, 0.717) is 6.04 Å². The molecule has 3 rings (SSSR count). The molecule has 5 nitrogen and oxygen atoms in total. The minimum atomic E-state index is 0.532. The fraction of sp³-hybridized carbons (Fsp3) is 0.778. The van der Waals surface area contributed by atoms with Crippen LogP contribution in [0, 0.1) is 13.8 Å². The molecule has 1 aliphatic carbocycles. The number of aryl methyl sites for hydroxylation is 2. The van der Waals surface area contributed by atoms with Crippen molar-refractivity contribution in [1.29, 1.82) is 0 Å². The molecule has 2 N–H and O–H groups in total. The molecule has 0 aromatic carbocycles. The van der Waals surface area contributed by atoms with Crippen LogP contribution < -0.4 is 10.6 Å². The third kappa shape index (κ3) is 4.48. The Hall–Kier alpha value is -1.14. The molecule has 0 bridgehead atoms. The van der Waals surface area contributed by atoms with Gasteiger partial charge in [-0.2, -0.15) is 0 Å². The number of guanidine groups is 1. The van der Waals surface area contributed by atoms with Gasteiger partial charge in [0.25, 0.3) is 0 Å². The summed E-state index contributed by atoms with van der Waals surface area (Å²) in [5, 5.41) is 8.23. The summed E-state index contributed by atoms with van der Waals surface area (Å²) in [7, 11) is 1.86. The van der Waals surface area contributed by atoms with Gasteiger partial charge in [-0.05, 0) is 33.1 Å². The van der Waals surface area contributed by atoms with Crippen molar-refractivity contribution in [3.8, 4) is 0 Å². The Labute approximate surface area is 150 Å². The SMILES string of the molecule is CN=C(NCCc1sc(C)nc1C)NC1CCN(C2CCCC2)C1. The smallest absolute Gasteiger partial charge is 0.191 e. The summed E-state index contributed by atoms with van der Waals surface area (Å²) < 4.78 is 0. The Morgan fingerprint density at radius 2 is 2.08 bits per heavy atom. The fourth-order valence-electron chi connectivity index (χ4n) is 3.99. The summed E-state index contributed by atoms with van der Waals surface area (Å²) >= 11 is 1.80. The molecule has 0 amide bonds. The van der Waals surface area contributed by atoms with Crippen LogP contribution in [0.1, 0.15) is 47.7 Å². The highest BCUT2D eigenvalue weighted by Crippen LogP contribution is 2.26. The molecule has 1 saturated carbocycles. The lowest BCUT2D eigenvalue weighted by molar-refractivity contribution is 0.242. The first kappa shape index (κ1) is 17.7. The first-order chi connectivity index (χ1) is 11.7. The standard InChI is InChI=1S/C18H31N5S/c1-13-17(24-14(2)21-13)8-10-20-18(19-3)22-15-9-11-23(12-15)16-6-4-5-7-16/h15-16H,4-12H2,1-3H3,(H2,19,20,22). The number of nitrogens with zero attached hydrogens (tertiary/aromatic N) is 3. The molecule has 1 unspecified atom stereocenters. The van der Waals surface area contributed by atoms with E-state index < -0.39 is 0 Å². The Morgan fingerprint density at radius 1 is 1.29 bits per heavy atom. The molecule has 1 aromatic rings. The highest BCUT2D eigenvalue weighted by Gasteiger charge is 2.30. The van der Waals surface area contributed by atoms with Crippen molar-refractivity contribution in [3.05, 3.63) is 15.6 Å². The molecule has 134 valence electrons. The van der Waals surface area contributed by atoms with Crippen molar-refractivity contribution in [2.24, 2.45) is 4.99 Å². The highest BCUT2D eigenvalue weighted by molar-refractivity contribution is 7.11. The normalized spacial score (nSPS) is 23.1. The molecule has 6 heteroatoms. The summed E-state index contributed by atoms with van der Waals surface area (Å²) in [6.45, 7) is 7.48. The van der Waals surface area contributed by atoms with Gasteiger partial charge in [-0.3, -0.25) is 9.89 Å². The number of thiazole rings is 1. The Bertz CT molecular complexity index is 562. The van der Waals surface area contributed by atoms with Gasteiger partial charge in [0.15, 0.2) is 5.96 Å². The lowest BCUT2D eigenvalue weighted by Gasteiger charge is -2.24. The summed E-state index contributed by atoms with van der Waals surface area (Å²) in [4.78, 5) is 13.0. The van der Waals surface area contributed by atoms with Crippen molar-refractivity contribution >= 4 is 17.3 Å². The first-order valence-corrected chi connectivity index (χ1v) is 10.1. The molecule has 2 aliphatic rings. The molecule has 1 atom stereocenters. The maximum Gasteiger partial charge on any atom is 0.191 e. The summed E-state index contributed by atoms with van der Waals surface area (Å²) in [6.07, 6.45) is 7.86. The average Bonchev–Trinajstić information content (AvgIpc) is 3.28. The van der Waals surface area contributed by atoms with Crippen LogP contribution in [0.5, 0.6) is 0 Å². The minimum absolute atomic E-state index is 0.532. The van der Waals surface area contributed by atoms with Gasteiger partial charge in [0.05, 0.1) is 10.7 Å². The second-order valence-corrected chi connectivity index (χ2v) is 8.34. The van der Waals surface area contributed by atoms with E-state index in [1.54, 1.807) is 11.3 Å². The van der Waals surface area contributed by atoms with Crippen LogP contribution in [0.4, 0.5) is 0 Å². The van der Waals surface area contributed by atoms with E-state index >= 15 is 0 Å². The van der Waals surface area contributed by atoms with Crippen LogP contribution in [-0.4, -0.2) is 54.6 Å². The van der Waals surface area contributed by atoms with E-state index in [1.165, 1.54) is 55.8 Å². The van der Waals surface area contributed by atoms with Crippen LogP contribution in [0.3, 0.4) is 0 Å². The van der Waals surface area contributed by atoms with Gasteiger partial charge < -0.3 is 10.6 Å². The van der Waals surface area contributed by atoms with Gasteiger partial charge in [0, 0.05) is 50.1 Å². The second kappa shape index (κ2) is 8.30. The second-order valence-electron chi connectivity index (χ2n) is 7.05. The summed E-state index contributed by atoms with van der Waals surface area (Å²) in [5.74, 6) is 0.937. The average molecular weight is 350 g/mol. The molecule has 2 fully saturated rings. The quantitative estimate of drug-likeness (QED) is 0.633. The van der Waals surface area contributed by atoms with Crippen LogP contribution in [0.25, 0.3) is 0 Å². The van der Waals surface area contributed by atoms with E-state index in [4.69, 9.17) is 0 Å². The number of likely N-dealkylation sites (tertiary alicyclic amines) is 1. The highest BCUT2D eigenvalue weighted by atomic mass is 32.1. The number of aliphatic imine (C=N–C) groups is 1. The van der Waals surface area contributed by atoms with Crippen LogP contribution >= 0.6 is 11.3 Å². The molecule has 2 heterocycles. The van der Waals surface area contributed by atoms with Crippen LogP contribution in [0.2, 0.25) is 0 Å². The molecule has 0 spiro atoms. The zero-order valence-electron chi connectivity index (χ0n) is 15.3. The first-order valence-electron chi connectivity index (χ1n) is 9.30. The molecular formula is C18H31N5S. The third-order valence-electron chi connectivity index (χ3n) is 5.27. The molecule has 1 aromatic heterocycles. The molecule has 1 aliphatic heterocycles. The number of hydrogen-bond donors (Lipinski definition) is 2. The van der Waals surface area contributed by atoms with Crippen LogP contribution in [0.15, 0.2) is 4.99 Å². The zero-order valence-corrected chi connectivity index (χ0v) is 16.1. The Balaban J connectivity index is 1.41. The van der Waals surface area contributed by atoms with Crippen molar-refractivity contribution in [3.63, 3.8) is 0 Å². The molecule has 0 radical (unpaired) electrons. The summed E-state index contributed by atoms with van der Waals surface area (Å²) in [5.41, 5.74) is 1.17. The summed E-state index contributed by atoms with van der Waals surface area (Å²) in [6, 6.07) is 1.37. The number of nitrogens with one attached hydrogen (secondary N) is 2. The maximum absolute atomic E-state index is 4.50. The molecular weight excluding hydrogens is 318 g/mol. The Morgan fingerprint density at radius 3 is 2.75 bits per heavy atom. The monoisotopic (exact) mass is 349 g/mol. The van der Waals surface area contributed by atoms with Crippen molar-refractivity contribution in [2.45, 2.75) is 64.5 Å². The number of aromatic nitrogens is 1. The van der Waals surface area contributed by atoms with Gasteiger partial charge in [-0.25, -0.2) is 4.98 Å². The predicted octanol–water partition coefficient (Wildman–Crippen LogP) is 2.48. The van der Waals surface area contributed by atoms with E-state index in [0.717, 1.165) is 30.0 Å². The van der Waals surface area contributed by atoms with Gasteiger partial charge in [-0.1, -0.05) is 12.8 Å². The Kier molecular flexibility index (Phi) is 6.11.